The Morgan fingerprint density at radius 1 is 1.38 bits per heavy atom. The fourth-order valence-electron chi connectivity index (χ4n) is 2.08. The number of hydrogen-bond acceptors (Lipinski definition) is 7. The molecule has 0 aliphatic heterocycles. The van der Waals surface area contributed by atoms with E-state index in [1.54, 1.807) is 23.6 Å². The lowest BCUT2D eigenvalue weighted by Gasteiger charge is -2.11. The molecule has 0 aliphatic rings. The molecule has 1 amide bonds. The summed E-state index contributed by atoms with van der Waals surface area (Å²) in [7, 11) is 0. The lowest BCUT2D eigenvalue weighted by Crippen LogP contribution is -2.29. The molecule has 0 radical (unpaired) electrons. The molecule has 0 saturated heterocycles. The standard InChI is InChI=1S/C18H13N3O4S/c1-11(17(23)21-18-12(10-19)8-9-26-18)24-16(22)7-6-15-20-13-4-2-3-5-14(13)25-15/h2-9,11H,1H3,(H,21,23)/b7-6+/t11-/m0/s1. The number of ether oxygens (including phenoxy) is 1. The first-order valence-corrected chi connectivity index (χ1v) is 8.47. The zero-order valence-corrected chi connectivity index (χ0v) is 14.4. The maximum absolute atomic E-state index is 12.1. The molecule has 0 spiro atoms. The molecule has 130 valence electrons. The number of aromatic nitrogens is 1. The van der Waals surface area contributed by atoms with Crippen LogP contribution in [0, 0.1) is 11.3 Å². The fraction of sp³-hybridized carbons (Fsp3) is 0.111. The van der Waals surface area contributed by atoms with Crippen molar-refractivity contribution in [3.63, 3.8) is 0 Å². The summed E-state index contributed by atoms with van der Waals surface area (Å²) in [5.41, 5.74) is 1.65. The first-order chi connectivity index (χ1) is 12.6. The normalized spacial score (nSPS) is 12.0. The van der Waals surface area contributed by atoms with Gasteiger partial charge in [-0.2, -0.15) is 5.26 Å². The summed E-state index contributed by atoms with van der Waals surface area (Å²) in [6, 6.07) is 10.8. The average molecular weight is 367 g/mol. The minimum Gasteiger partial charge on any atom is -0.449 e. The third kappa shape index (κ3) is 3.96. The number of para-hydroxylation sites is 2. The van der Waals surface area contributed by atoms with Crippen molar-refractivity contribution in [2.24, 2.45) is 0 Å². The van der Waals surface area contributed by atoms with Crippen molar-refractivity contribution >= 4 is 45.4 Å². The van der Waals surface area contributed by atoms with Crippen molar-refractivity contribution in [1.29, 1.82) is 5.26 Å². The third-order valence-electron chi connectivity index (χ3n) is 3.36. The average Bonchev–Trinajstić information content (AvgIpc) is 3.25. The van der Waals surface area contributed by atoms with Gasteiger partial charge in [0.05, 0.1) is 5.56 Å². The fourth-order valence-corrected chi connectivity index (χ4v) is 2.82. The number of carbonyl (C=O) groups excluding carboxylic acids is 2. The van der Waals surface area contributed by atoms with Gasteiger partial charge in [0.25, 0.3) is 5.91 Å². The van der Waals surface area contributed by atoms with E-state index >= 15 is 0 Å². The number of hydrogen-bond donors (Lipinski definition) is 1. The highest BCUT2D eigenvalue weighted by Gasteiger charge is 2.18. The van der Waals surface area contributed by atoms with E-state index in [9.17, 15) is 9.59 Å². The van der Waals surface area contributed by atoms with Gasteiger partial charge in [-0.3, -0.25) is 4.79 Å². The van der Waals surface area contributed by atoms with E-state index in [1.807, 2.05) is 18.2 Å². The zero-order valence-electron chi connectivity index (χ0n) is 13.6. The molecule has 0 saturated carbocycles. The molecule has 1 N–H and O–H groups in total. The summed E-state index contributed by atoms with van der Waals surface area (Å²) in [5.74, 6) is -0.966. The second-order valence-corrected chi connectivity index (χ2v) is 6.11. The van der Waals surface area contributed by atoms with Crippen LogP contribution in [0.15, 0.2) is 46.2 Å². The number of fused-ring (bicyclic) bond motifs is 1. The van der Waals surface area contributed by atoms with Crippen LogP contribution in [0.2, 0.25) is 0 Å². The van der Waals surface area contributed by atoms with Crippen molar-refractivity contribution in [2.75, 3.05) is 5.32 Å². The Hall–Kier alpha value is -3.44. The van der Waals surface area contributed by atoms with Gasteiger partial charge in [0, 0.05) is 12.2 Å². The zero-order chi connectivity index (χ0) is 18.5. The van der Waals surface area contributed by atoms with Crippen LogP contribution in [-0.4, -0.2) is 23.0 Å². The van der Waals surface area contributed by atoms with E-state index in [0.29, 0.717) is 21.7 Å². The highest BCUT2D eigenvalue weighted by atomic mass is 32.1. The Labute approximate surface area is 152 Å². The predicted molar refractivity (Wildman–Crippen MR) is 96.3 cm³/mol. The number of carbonyl (C=O) groups is 2. The van der Waals surface area contributed by atoms with E-state index in [2.05, 4.69) is 10.3 Å². The minimum atomic E-state index is -1.02. The first kappa shape index (κ1) is 17.4. The summed E-state index contributed by atoms with van der Waals surface area (Å²) in [6.07, 6.45) is 1.49. The molecule has 7 nitrogen and oxygen atoms in total. The second kappa shape index (κ2) is 7.63. The first-order valence-electron chi connectivity index (χ1n) is 7.59. The van der Waals surface area contributed by atoms with E-state index in [4.69, 9.17) is 14.4 Å². The Kier molecular flexibility index (Phi) is 5.10. The van der Waals surface area contributed by atoms with E-state index in [1.165, 1.54) is 24.3 Å². The molecule has 2 aromatic heterocycles. The van der Waals surface area contributed by atoms with Gasteiger partial charge in [0.15, 0.2) is 11.7 Å². The summed E-state index contributed by atoms with van der Waals surface area (Å²) < 4.78 is 10.5. The second-order valence-electron chi connectivity index (χ2n) is 5.20. The SMILES string of the molecule is C[C@H](OC(=O)/C=C/c1nc2ccccc2o1)C(=O)Nc1sccc1C#N. The number of oxazole rings is 1. The van der Waals surface area contributed by atoms with Crippen molar-refractivity contribution in [3.05, 3.63) is 53.2 Å². The van der Waals surface area contributed by atoms with Crippen LogP contribution in [0.25, 0.3) is 17.2 Å². The Morgan fingerprint density at radius 3 is 2.96 bits per heavy atom. The lowest BCUT2D eigenvalue weighted by molar-refractivity contribution is -0.148. The molecule has 0 unspecified atom stereocenters. The van der Waals surface area contributed by atoms with Crippen molar-refractivity contribution in [3.8, 4) is 6.07 Å². The number of rotatable bonds is 5. The van der Waals surface area contributed by atoms with Crippen LogP contribution in [0.3, 0.4) is 0 Å². The number of thiophene rings is 1. The van der Waals surface area contributed by atoms with Gasteiger partial charge in [-0.25, -0.2) is 9.78 Å². The number of esters is 1. The molecule has 1 aromatic carbocycles. The number of amides is 1. The monoisotopic (exact) mass is 367 g/mol. The van der Waals surface area contributed by atoms with E-state index in [-0.39, 0.29) is 5.89 Å². The van der Waals surface area contributed by atoms with Gasteiger partial charge >= 0.3 is 5.97 Å². The summed E-state index contributed by atoms with van der Waals surface area (Å²) in [6.45, 7) is 1.44. The predicted octanol–water partition coefficient (Wildman–Crippen LogP) is 3.34. The Bertz CT molecular complexity index is 995. The van der Waals surface area contributed by atoms with Crippen molar-refractivity contribution in [1.82, 2.24) is 4.98 Å². The summed E-state index contributed by atoms with van der Waals surface area (Å²) in [5, 5.41) is 13.6. The highest BCUT2D eigenvalue weighted by molar-refractivity contribution is 7.14. The summed E-state index contributed by atoms with van der Waals surface area (Å²) in [4.78, 5) is 28.1. The molecule has 0 bridgehead atoms. The number of nitriles is 1. The van der Waals surface area contributed by atoms with Crippen LogP contribution in [0.4, 0.5) is 5.00 Å². The molecule has 26 heavy (non-hydrogen) atoms. The lowest BCUT2D eigenvalue weighted by atomic mass is 10.3. The van der Waals surface area contributed by atoms with Gasteiger partial charge in [0.1, 0.15) is 16.6 Å². The van der Waals surface area contributed by atoms with Crippen LogP contribution in [-0.2, 0) is 14.3 Å². The molecule has 0 fully saturated rings. The number of anilines is 1. The quantitative estimate of drug-likeness (QED) is 0.548. The molecular weight excluding hydrogens is 354 g/mol. The van der Waals surface area contributed by atoms with Crippen molar-refractivity contribution < 1.29 is 18.7 Å². The number of benzene rings is 1. The summed E-state index contributed by atoms with van der Waals surface area (Å²) >= 11 is 1.22. The van der Waals surface area contributed by atoms with Gasteiger partial charge in [-0.15, -0.1) is 11.3 Å². The Balaban J connectivity index is 1.58. The third-order valence-corrected chi connectivity index (χ3v) is 4.19. The Morgan fingerprint density at radius 2 is 2.19 bits per heavy atom. The highest BCUT2D eigenvalue weighted by Crippen LogP contribution is 2.22. The topological polar surface area (TPSA) is 105 Å². The molecule has 3 rings (SSSR count). The van der Waals surface area contributed by atoms with Gasteiger partial charge in [-0.1, -0.05) is 12.1 Å². The molecule has 1 atom stereocenters. The largest absolute Gasteiger partial charge is 0.449 e. The smallest absolute Gasteiger partial charge is 0.331 e. The van der Waals surface area contributed by atoms with Gasteiger partial charge in [-0.05, 0) is 30.5 Å². The molecule has 0 aliphatic carbocycles. The number of nitrogens with one attached hydrogen (secondary N) is 1. The van der Waals surface area contributed by atoms with Crippen molar-refractivity contribution in [2.45, 2.75) is 13.0 Å². The van der Waals surface area contributed by atoms with Crippen LogP contribution in [0.5, 0.6) is 0 Å². The van der Waals surface area contributed by atoms with Crippen LogP contribution in [0.1, 0.15) is 18.4 Å². The maximum atomic E-state index is 12.1. The number of nitrogens with zero attached hydrogens (tertiary/aromatic N) is 2. The van der Waals surface area contributed by atoms with Crippen LogP contribution >= 0.6 is 11.3 Å². The molecular formula is C18H13N3O4S. The molecule has 2 heterocycles. The minimum absolute atomic E-state index is 0.262. The van der Waals surface area contributed by atoms with E-state index in [0.717, 1.165) is 6.08 Å². The maximum Gasteiger partial charge on any atom is 0.331 e. The molecule has 3 aromatic rings. The van der Waals surface area contributed by atoms with E-state index < -0.39 is 18.0 Å². The van der Waals surface area contributed by atoms with Crippen LogP contribution < -0.4 is 5.32 Å². The van der Waals surface area contributed by atoms with Gasteiger partial charge in [0.2, 0.25) is 5.89 Å². The molecule has 8 heteroatoms. The van der Waals surface area contributed by atoms with Gasteiger partial charge < -0.3 is 14.5 Å².